The number of amides is 1. The summed E-state index contributed by atoms with van der Waals surface area (Å²) in [6.45, 7) is 3.38. The number of aromatic nitrogens is 2. The maximum Gasteiger partial charge on any atom is 0.322 e. The van der Waals surface area contributed by atoms with Crippen molar-refractivity contribution in [1.29, 1.82) is 0 Å². The molecule has 0 saturated heterocycles. The molecule has 1 N–H and O–H groups in total. The fourth-order valence-corrected chi connectivity index (χ4v) is 2.49. The zero-order valence-electron chi connectivity index (χ0n) is 14.1. The molecule has 0 aliphatic rings. The van der Waals surface area contributed by atoms with E-state index in [1.165, 1.54) is 11.8 Å². The molecule has 24 heavy (non-hydrogen) atoms. The number of hydrogen-bond acceptors (Lipinski definition) is 5. The third kappa shape index (κ3) is 3.37. The molecule has 0 bridgehead atoms. The molecule has 0 fully saturated rings. The van der Waals surface area contributed by atoms with Gasteiger partial charge in [0.15, 0.2) is 0 Å². The number of nitrogens with one attached hydrogen (secondary N) is 1. The van der Waals surface area contributed by atoms with Crippen molar-refractivity contribution in [2.24, 2.45) is 0 Å². The van der Waals surface area contributed by atoms with Crippen molar-refractivity contribution in [1.82, 2.24) is 15.1 Å². The SMILES string of the molecule is COc1ccccc1C[C@H](C)N(C)C(=O)c1n[nH]c(C)c1[N+](=O)[O-]. The van der Waals surface area contributed by atoms with Crippen LogP contribution in [0.2, 0.25) is 0 Å². The van der Waals surface area contributed by atoms with Gasteiger partial charge in [-0.25, -0.2) is 0 Å². The molecule has 0 radical (unpaired) electrons. The first-order valence-electron chi connectivity index (χ1n) is 7.45. The molecule has 1 amide bonds. The average Bonchev–Trinajstić information content (AvgIpc) is 2.95. The molecule has 8 nitrogen and oxygen atoms in total. The van der Waals surface area contributed by atoms with Crippen LogP contribution in [0.25, 0.3) is 0 Å². The highest BCUT2D eigenvalue weighted by Crippen LogP contribution is 2.24. The zero-order chi connectivity index (χ0) is 17.9. The van der Waals surface area contributed by atoms with Gasteiger partial charge in [-0.15, -0.1) is 0 Å². The number of carbonyl (C=O) groups excluding carboxylic acids is 1. The number of nitro groups is 1. The molecule has 2 aromatic rings. The van der Waals surface area contributed by atoms with E-state index in [0.717, 1.165) is 11.3 Å². The third-order valence-electron chi connectivity index (χ3n) is 3.99. The van der Waals surface area contributed by atoms with Crippen LogP contribution in [0.15, 0.2) is 24.3 Å². The number of carbonyl (C=O) groups is 1. The highest BCUT2D eigenvalue weighted by molar-refractivity contribution is 5.96. The monoisotopic (exact) mass is 332 g/mol. The van der Waals surface area contributed by atoms with Gasteiger partial charge in [0, 0.05) is 13.1 Å². The van der Waals surface area contributed by atoms with Gasteiger partial charge in [0.05, 0.1) is 12.0 Å². The molecule has 0 spiro atoms. The molecule has 0 saturated carbocycles. The molecule has 2 rings (SSSR count). The van der Waals surface area contributed by atoms with Gasteiger partial charge in [-0.05, 0) is 31.9 Å². The van der Waals surface area contributed by atoms with Gasteiger partial charge in [-0.2, -0.15) is 5.10 Å². The van der Waals surface area contributed by atoms with E-state index in [1.54, 1.807) is 14.2 Å². The lowest BCUT2D eigenvalue weighted by atomic mass is 10.0. The van der Waals surface area contributed by atoms with Crippen molar-refractivity contribution in [2.45, 2.75) is 26.3 Å². The Morgan fingerprint density at radius 2 is 2.12 bits per heavy atom. The van der Waals surface area contributed by atoms with Crippen molar-refractivity contribution < 1.29 is 14.5 Å². The van der Waals surface area contributed by atoms with Gasteiger partial charge in [0.25, 0.3) is 5.91 Å². The van der Waals surface area contributed by atoms with Crippen LogP contribution in [-0.4, -0.2) is 46.1 Å². The van der Waals surface area contributed by atoms with Gasteiger partial charge < -0.3 is 9.64 Å². The third-order valence-corrected chi connectivity index (χ3v) is 3.99. The van der Waals surface area contributed by atoms with Gasteiger partial charge >= 0.3 is 5.69 Å². The van der Waals surface area contributed by atoms with E-state index in [2.05, 4.69) is 10.2 Å². The number of rotatable bonds is 6. The van der Waals surface area contributed by atoms with Crippen LogP contribution in [0.3, 0.4) is 0 Å². The maximum atomic E-state index is 12.6. The lowest BCUT2D eigenvalue weighted by molar-refractivity contribution is -0.385. The molecule has 128 valence electrons. The number of nitrogens with zero attached hydrogens (tertiary/aromatic N) is 3. The summed E-state index contributed by atoms with van der Waals surface area (Å²) in [6, 6.07) is 7.36. The summed E-state index contributed by atoms with van der Waals surface area (Å²) in [5, 5.41) is 17.4. The smallest absolute Gasteiger partial charge is 0.322 e. The molecule has 0 aliphatic carbocycles. The summed E-state index contributed by atoms with van der Waals surface area (Å²) in [7, 11) is 3.20. The van der Waals surface area contributed by atoms with Crippen LogP contribution in [0.1, 0.15) is 28.7 Å². The zero-order valence-corrected chi connectivity index (χ0v) is 14.1. The number of benzene rings is 1. The van der Waals surface area contributed by atoms with Crippen molar-refractivity contribution in [2.75, 3.05) is 14.2 Å². The number of ether oxygens (including phenoxy) is 1. The Bertz CT molecular complexity index is 756. The van der Waals surface area contributed by atoms with Crippen LogP contribution in [0.4, 0.5) is 5.69 Å². The summed E-state index contributed by atoms with van der Waals surface area (Å²) < 4.78 is 5.31. The van der Waals surface area contributed by atoms with E-state index in [4.69, 9.17) is 4.74 Å². The highest BCUT2D eigenvalue weighted by atomic mass is 16.6. The molecule has 0 aliphatic heterocycles. The topological polar surface area (TPSA) is 101 Å². The molecule has 1 aromatic carbocycles. The van der Waals surface area contributed by atoms with Crippen molar-refractivity contribution in [3.63, 3.8) is 0 Å². The van der Waals surface area contributed by atoms with E-state index < -0.39 is 10.8 Å². The largest absolute Gasteiger partial charge is 0.496 e. The fourth-order valence-electron chi connectivity index (χ4n) is 2.49. The minimum absolute atomic E-state index is 0.174. The van der Waals surface area contributed by atoms with Crippen molar-refractivity contribution >= 4 is 11.6 Å². The summed E-state index contributed by atoms with van der Waals surface area (Å²) in [6.07, 6.45) is 0.559. The fraction of sp³-hybridized carbons (Fsp3) is 0.375. The molecular formula is C16H20N4O4. The quantitative estimate of drug-likeness (QED) is 0.646. The lowest BCUT2D eigenvalue weighted by Gasteiger charge is -2.24. The van der Waals surface area contributed by atoms with E-state index in [-0.39, 0.29) is 23.1 Å². The summed E-state index contributed by atoms with van der Waals surface area (Å²) in [4.78, 5) is 24.6. The Morgan fingerprint density at radius 1 is 1.46 bits per heavy atom. The van der Waals surface area contributed by atoms with E-state index in [1.807, 2.05) is 31.2 Å². The number of hydrogen-bond donors (Lipinski definition) is 1. The first kappa shape index (κ1) is 17.5. The number of methoxy groups -OCH3 is 1. The highest BCUT2D eigenvalue weighted by Gasteiger charge is 2.30. The second kappa shape index (κ2) is 7.12. The normalized spacial score (nSPS) is 11.8. The van der Waals surface area contributed by atoms with Crippen LogP contribution < -0.4 is 4.74 Å². The van der Waals surface area contributed by atoms with Gasteiger partial charge in [-0.3, -0.25) is 20.0 Å². The number of likely N-dealkylation sites (N-methyl/N-ethyl adjacent to an activating group) is 1. The molecular weight excluding hydrogens is 312 g/mol. The van der Waals surface area contributed by atoms with Gasteiger partial charge in [0.2, 0.25) is 5.69 Å². The Morgan fingerprint density at radius 3 is 2.75 bits per heavy atom. The average molecular weight is 332 g/mol. The first-order chi connectivity index (χ1) is 11.4. The molecule has 1 heterocycles. The minimum atomic E-state index is -0.592. The maximum absolute atomic E-state index is 12.6. The summed E-state index contributed by atoms with van der Waals surface area (Å²) in [5.74, 6) is 0.250. The molecule has 1 atom stereocenters. The van der Waals surface area contributed by atoms with Crippen molar-refractivity contribution in [3.05, 3.63) is 51.3 Å². The van der Waals surface area contributed by atoms with Gasteiger partial charge in [0.1, 0.15) is 11.4 Å². The lowest BCUT2D eigenvalue weighted by Crippen LogP contribution is -2.37. The van der Waals surface area contributed by atoms with E-state index >= 15 is 0 Å². The molecule has 1 aromatic heterocycles. The molecule has 0 unspecified atom stereocenters. The number of H-pyrrole nitrogens is 1. The van der Waals surface area contributed by atoms with E-state index in [9.17, 15) is 14.9 Å². The van der Waals surface area contributed by atoms with E-state index in [0.29, 0.717) is 6.42 Å². The minimum Gasteiger partial charge on any atom is -0.496 e. The van der Waals surface area contributed by atoms with Gasteiger partial charge in [-0.1, -0.05) is 18.2 Å². The predicted octanol–water partition coefficient (Wildman–Crippen LogP) is 2.34. The Balaban J connectivity index is 2.20. The number of para-hydroxylation sites is 1. The standard InChI is InChI=1S/C16H20N4O4/c1-10(9-12-7-5-6-8-13(12)24-4)19(3)16(21)14-15(20(22)23)11(2)17-18-14/h5-8,10H,9H2,1-4H3,(H,17,18)/t10-/m0/s1. The molecule has 8 heteroatoms. The van der Waals surface area contributed by atoms with Crippen molar-refractivity contribution in [3.8, 4) is 5.75 Å². The first-order valence-corrected chi connectivity index (χ1v) is 7.45. The Hall–Kier alpha value is -2.90. The van der Waals surface area contributed by atoms with Crippen LogP contribution in [0.5, 0.6) is 5.75 Å². The Kier molecular flexibility index (Phi) is 5.18. The number of aromatic amines is 1. The predicted molar refractivity (Wildman–Crippen MR) is 88.2 cm³/mol. The van der Waals surface area contributed by atoms with Crippen LogP contribution in [-0.2, 0) is 6.42 Å². The second-order valence-corrected chi connectivity index (χ2v) is 5.58. The second-order valence-electron chi connectivity index (χ2n) is 5.58. The summed E-state index contributed by atoms with van der Waals surface area (Å²) in [5.41, 5.74) is 0.761. The number of aryl methyl sites for hydroxylation is 1. The van der Waals surface area contributed by atoms with Crippen LogP contribution in [0, 0.1) is 17.0 Å². The Labute approximate surface area is 139 Å². The summed E-state index contributed by atoms with van der Waals surface area (Å²) >= 11 is 0. The van der Waals surface area contributed by atoms with Crippen LogP contribution >= 0.6 is 0 Å².